The Bertz CT molecular complexity index is 665. The van der Waals surface area contributed by atoms with Gasteiger partial charge in [-0.1, -0.05) is 24.3 Å². The number of imidazole rings is 1. The second-order valence-corrected chi connectivity index (χ2v) is 5.46. The lowest BCUT2D eigenvalue weighted by atomic mass is 10.1. The first-order valence-electron chi connectivity index (χ1n) is 7.49. The highest BCUT2D eigenvalue weighted by molar-refractivity contribution is 5.52. The van der Waals surface area contributed by atoms with E-state index >= 15 is 0 Å². The molecule has 0 amide bonds. The highest BCUT2D eigenvalue weighted by Crippen LogP contribution is 2.29. The second kappa shape index (κ2) is 5.28. The molecule has 0 saturated carbocycles. The van der Waals surface area contributed by atoms with Crippen LogP contribution in [0.4, 0.5) is 0 Å². The Kier molecular flexibility index (Phi) is 3.14. The van der Waals surface area contributed by atoms with Gasteiger partial charge in [0.05, 0.1) is 17.9 Å². The maximum Gasteiger partial charge on any atom is 0.297 e. The van der Waals surface area contributed by atoms with E-state index in [2.05, 4.69) is 33.9 Å². The zero-order valence-corrected chi connectivity index (χ0v) is 11.9. The maximum atomic E-state index is 5.91. The van der Waals surface area contributed by atoms with Gasteiger partial charge in [-0.05, 0) is 37.5 Å². The number of fused-ring (bicyclic) bond motifs is 3. The molecular weight excluding hydrogens is 264 g/mol. The third-order valence-corrected chi connectivity index (χ3v) is 3.92. The number of aromatic nitrogens is 2. The van der Waals surface area contributed by atoms with Crippen molar-refractivity contribution in [3.8, 4) is 6.01 Å². The van der Waals surface area contributed by atoms with Crippen LogP contribution in [0.1, 0.15) is 24.2 Å². The van der Waals surface area contributed by atoms with Gasteiger partial charge >= 0.3 is 0 Å². The molecule has 0 spiro atoms. The van der Waals surface area contributed by atoms with E-state index in [1.165, 1.54) is 5.69 Å². The summed E-state index contributed by atoms with van der Waals surface area (Å²) >= 11 is 0. The van der Waals surface area contributed by atoms with Gasteiger partial charge in [0.1, 0.15) is 12.4 Å². The summed E-state index contributed by atoms with van der Waals surface area (Å²) in [6.07, 6.45) is 17.7. The number of aryl methyl sites for hydroxylation is 1. The molecule has 0 saturated heterocycles. The van der Waals surface area contributed by atoms with Gasteiger partial charge in [-0.15, -0.1) is 0 Å². The van der Waals surface area contributed by atoms with E-state index in [0.717, 1.165) is 43.3 Å². The van der Waals surface area contributed by atoms with Crippen LogP contribution in [0.2, 0.25) is 0 Å². The molecule has 1 aromatic heterocycles. The molecule has 0 bridgehead atoms. The van der Waals surface area contributed by atoms with E-state index in [1.807, 2.05) is 18.2 Å². The van der Waals surface area contributed by atoms with Crippen LogP contribution in [0.25, 0.3) is 6.08 Å². The molecule has 2 aliphatic carbocycles. The molecule has 108 valence electrons. The summed E-state index contributed by atoms with van der Waals surface area (Å²) in [7, 11) is 0. The van der Waals surface area contributed by atoms with E-state index in [-0.39, 0.29) is 6.10 Å². The van der Waals surface area contributed by atoms with Gasteiger partial charge in [0.25, 0.3) is 6.01 Å². The first-order valence-corrected chi connectivity index (χ1v) is 7.49. The van der Waals surface area contributed by atoms with Crippen molar-refractivity contribution in [2.45, 2.75) is 31.9 Å². The van der Waals surface area contributed by atoms with E-state index < -0.39 is 0 Å². The summed E-state index contributed by atoms with van der Waals surface area (Å²) in [5, 5.41) is 0. The number of hydrogen-bond donors (Lipinski definition) is 0. The highest BCUT2D eigenvalue weighted by atomic mass is 16.6. The predicted octanol–water partition coefficient (Wildman–Crippen LogP) is 3.02. The Hall–Kier alpha value is -2.23. The average Bonchev–Trinajstić information content (AvgIpc) is 2.92. The van der Waals surface area contributed by atoms with Crippen molar-refractivity contribution >= 4 is 6.08 Å². The largest absolute Gasteiger partial charge is 0.490 e. The normalized spacial score (nSPS) is 22.3. The van der Waals surface area contributed by atoms with Crippen molar-refractivity contribution in [1.29, 1.82) is 0 Å². The molecule has 1 aromatic rings. The summed E-state index contributed by atoms with van der Waals surface area (Å²) < 4.78 is 13.9. The van der Waals surface area contributed by atoms with Crippen LogP contribution in [0, 0.1) is 0 Å². The molecule has 21 heavy (non-hydrogen) atoms. The summed E-state index contributed by atoms with van der Waals surface area (Å²) in [4.78, 5) is 4.59. The number of nitrogens with zero attached hydrogens (tertiary/aromatic N) is 2. The van der Waals surface area contributed by atoms with Crippen LogP contribution in [0.15, 0.2) is 42.2 Å². The smallest absolute Gasteiger partial charge is 0.297 e. The number of ether oxygens (including phenoxy) is 2. The molecule has 4 rings (SSSR count). The standard InChI is InChI=1S/C17H18N2O2/c1-2-4-8-13(7-3-1)20-12-14-11-19-16-10-6-5-9-15(16)18-17(19)21-14/h1,3-4,6-8,10,14H,2,5,9,11-12H2/t14-/m0/s1. The monoisotopic (exact) mass is 282 g/mol. The van der Waals surface area contributed by atoms with Crippen molar-refractivity contribution in [3.05, 3.63) is 53.6 Å². The Morgan fingerprint density at radius 1 is 1.29 bits per heavy atom. The maximum absolute atomic E-state index is 5.91. The fourth-order valence-corrected chi connectivity index (χ4v) is 2.87. The van der Waals surface area contributed by atoms with E-state index in [4.69, 9.17) is 9.47 Å². The molecule has 1 atom stereocenters. The molecule has 0 radical (unpaired) electrons. The third-order valence-electron chi connectivity index (χ3n) is 3.92. The lowest BCUT2D eigenvalue weighted by Gasteiger charge is -2.13. The minimum atomic E-state index is 0.0367. The van der Waals surface area contributed by atoms with Gasteiger partial charge in [-0.3, -0.25) is 4.57 Å². The number of allylic oxidation sites excluding steroid dienone is 6. The van der Waals surface area contributed by atoms with Gasteiger partial charge in [-0.25, -0.2) is 0 Å². The van der Waals surface area contributed by atoms with Crippen molar-refractivity contribution in [2.24, 2.45) is 0 Å². The van der Waals surface area contributed by atoms with E-state index in [1.54, 1.807) is 0 Å². The predicted molar refractivity (Wildman–Crippen MR) is 80.9 cm³/mol. The summed E-state index contributed by atoms with van der Waals surface area (Å²) in [6, 6.07) is 0.741. The number of rotatable bonds is 3. The Morgan fingerprint density at radius 2 is 2.29 bits per heavy atom. The SMILES string of the molecule is C1=CCC=CC(OC[C@@H]2Cn3c(nc4c3C=CCC4)O2)=C1. The zero-order chi connectivity index (χ0) is 14.1. The fourth-order valence-electron chi connectivity index (χ4n) is 2.87. The minimum absolute atomic E-state index is 0.0367. The lowest BCUT2D eigenvalue weighted by Crippen LogP contribution is -2.22. The van der Waals surface area contributed by atoms with Gasteiger partial charge in [0.15, 0.2) is 6.10 Å². The Balaban J connectivity index is 1.41. The topological polar surface area (TPSA) is 36.3 Å². The molecule has 1 aliphatic heterocycles. The molecule has 0 N–H and O–H groups in total. The van der Waals surface area contributed by atoms with Crippen LogP contribution < -0.4 is 4.74 Å². The van der Waals surface area contributed by atoms with Crippen molar-refractivity contribution in [1.82, 2.24) is 9.55 Å². The van der Waals surface area contributed by atoms with Crippen molar-refractivity contribution in [3.63, 3.8) is 0 Å². The van der Waals surface area contributed by atoms with Crippen LogP contribution in [0.5, 0.6) is 6.01 Å². The first-order chi connectivity index (χ1) is 10.4. The van der Waals surface area contributed by atoms with Gasteiger partial charge in [0, 0.05) is 0 Å². The van der Waals surface area contributed by atoms with Crippen LogP contribution >= 0.6 is 0 Å². The average molecular weight is 282 g/mol. The van der Waals surface area contributed by atoms with Gasteiger partial charge in [0.2, 0.25) is 0 Å². The quantitative estimate of drug-likeness (QED) is 0.855. The molecule has 2 heterocycles. The number of hydrogen-bond acceptors (Lipinski definition) is 3. The Morgan fingerprint density at radius 3 is 3.29 bits per heavy atom. The van der Waals surface area contributed by atoms with Gasteiger partial charge in [-0.2, -0.15) is 4.98 Å². The lowest BCUT2D eigenvalue weighted by molar-refractivity contribution is 0.105. The molecule has 0 fully saturated rings. The zero-order valence-electron chi connectivity index (χ0n) is 11.9. The molecule has 4 heteroatoms. The Labute approximate surface area is 124 Å². The van der Waals surface area contributed by atoms with Crippen LogP contribution in [0.3, 0.4) is 0 Å². The molecule has 0 aromatic carbocycles. The highest BCUT2D eigenvalue weighted by Gasteiger charge is 2.29. The molecule has 4 nitrogen and oxygen atoms in total. The van der Waals surface area contributed by atoms with E-state index in [0.29, 0.717) is 6.61 Å². The van der Waals surface area contributed by atoms with Crippen molar-refractivity contribution in [2.75, 3.05) is 6.61 Å². The minimum Gasteiger partial charge on any atom is -0.490 e. The summed E-state index contributed by atoms with van der Waals surface area (Å²) in [5.41, 5.74) is 2.36. The summed E-state index contributed by atoms with van der Waals surface area (Å²) in [6.45, 7) is 1.36. The van der Waals surface area contributed by atoms with E-state index in [9.17, 15) is 0 Å². The van der Waals surface area contributed by atoms with Crippen molar-refractivity contribution < 1.29 is 9.47 Å². The van der Waals surface area contributed by atoms with Crippen LogP contribution in [-0.2, 0) is 17.7 Å². The molecule has 0 unspecified atom stereocenters. The summed E-state index contributed by atoms with van der Waals surface area (Å²) in [5.74, 6) is 0.888. The molecule has 3 aliphatic rings. The van der Waals surface area contributed by atoms with Gasteiger partial charge < -0.3 is 9.47 Å². The fraction of sp³-hybridized carbons (Fsp3) is 0.353. The third kappa shape index (κ3) is 2.42. The first kappa shape index (κ1) is 12.5. The second-order valence-electron chi connectivity index (χ2n) is 5.46. The molecular formula is C17H18N2O2. The van der Waals surface area contributed by atoms with Crippen LogP contribution in [-0.4, -0.2) is 22.3 Å².